The van der Waals surface area contributed by atoms with E-state index in [2.05, 4.69) is 37.9 Å². The molecule has 0 heterocycles. The lowest BCUT2D eigenvalue weighted by molar-refractivity contribution is 0.312. The van der Waals surface area contributed by atoms with Gasteiger partial charge in [0.05, 0.1) is 0 Å². The Labute approximate surface area is 100 Å². The lowest BCUT2D eigenvalue weighted by atomic mass is 10.2. The van der Waals surface area contributed by atoms with Crippen LogP contribution in [0.15, 0.2) is 0 Å². The van der Waals surface area contributed by atoms with E-state index in [1.54, 1.807) is 0 Å². The maximum Gasteiger partial charge on any atom is 0.169 e. The number of thiocarbonyl (C=S) groups is 1. The van der Waals surface area contributed by atoms with Crippen LogP contribution < -0.4 is 5.32 Å². The minimum Gasteiger partial charge on any atom is -0.363 e. The van der Waals surface area contributed by atoms with Gasteiger partial charge in [-0.1, -0.05) is 27.2 Å². The van der Waals surface area contributed by atoms with Gasteiger partial charge >= 0.3 is 0 Å². The van der Waals surface area contributed by atoms with Crippen molar-refractivity contribution in [3.05, 3.63) is 0 Å². The second-order valence-electron chi connectivity index (χ2n) is 4.04. The largest absolute Gasteiger partial charge is 0.363 e. The highest BCUT2D eigenvalue weighted by Crippen LogP contribution is 2.06. The Balaban J connectivity index is 4.14. The van der Waals surface area contributed by atoms with Crippen molar-refractivity contribution in [2.75, 3.05) is 13.1 Å². The van der Waals surface area contributed by atoms with Gasteiger partial charge in [0.2, 0.25) is 0 Å². The van der Waals surface area contributed by atoms with Crippen molar-refractivity contribution in [3.63, 3.8) is 0 Å². The molecule has 0 aliphatic rings. The summed E-state index contributed by atoms with van der Waals surface area (Å²) in [5.74, 6) is 0. The van der Waals surface area contributed by atoms with Gasteiger partial charge in [0, 0.05) is 19.1 Å². The van der Waals surface area contributed by atoms with Crippen molar-refractivity contribution in [2.24, 2.45) is 0 Å². The van der Waals surface area contributed by atoms with Gasteiger partial charge in [-0.2, -0.15) is 0 Å². The van der Waals surface area contributed by atoms with E-state index < -0.39 is 0 Å². The molecular formula is C12H26N2S. The van der Waals surface area contributed by atoms with E-state index in [4.69, 9.17) is 12.2 Å². The van der Waals surface area contributed by atoms with E-state index in [0.717, 1.165) is 31.0 Å². The maximum absolute atomic E-state index is 5.41. The summed E-state index contributed by atoms with van der Waals surface area (Å²) in [7, 11) is 0. The molecule has 0 amide bonds. The molecule has 0 aliphatic heterocycles. The van der Waals surface area contributed by atoms with Crippen LogP contribution in [-0.4, -0.2) is 29.1 Å². The van der Waals surface area contributed by atoms with E-state index >= 15 is 0 Å². The summed E-state index contributed by atoms with van der Waals surface area (Å²) < 4.78 is 0. The summed E-state index contributed by atoms with van der Waals surface area (Å²) in [5, 5.41) is 4.24. The second-order valence-corrected chi connectivity index (χ2v) is 4.42. The van der Waals surface area contributed by atoms with Crippen LogP contribution in [0, 0.1) is 0 Å². The van der Waals surface area contributed by atoms with Crippen LogP contribution in [-0.2, 0) is 0 Å². The molecule has 0 aromatic heterocycles. The lowest BCUT2D eigenvalue weighted by Gasteiger charge is -2.31. The zero-order chi connectivity index (χ0) is 11.7. The molecule has 0 aliphatic carbocycles. The molecule has 0 saturated heterocycles. The number of nitrogens with zero attached hydrogens (tertiary/aromatic N) is 1. The average molecular weight is 230 g/mol. The van der Waals surface area contributed by atoms with E-state index in [9.17, 15) is 0 Å². The SMILES string of the molecule is CCCCN(C(=S)NCCC)C(C)CC. The molecule has 90 valence electrons. The Morgan fingerprint density at radius 1 is 1.27 bits per heavy atom. The first kappa shape index (κ1) is 14.7. The van der Waals surface area contributed by atoms with E-state index in [0.29, 0.717) is 6.04 Å². The molecule has 0 spiro atoms. The summed E-state index contributed by atoms with van der Waals surface area (Å²) >= 11 is 5.41. The predicted molar refractivity (Wildman–Crippen MR) is 72.3 cm³/mol. The Bertz CT molecular complexity index is 171. The lowest BCUT2D eigenvalue weighted by Crippen LogP contribution is -2.45. The van der Waals surface area contributed by atoms with E-state index in [1.165, 1.54) is 12.8 Å². The standard InChI is InChI=1S/C12H26N2S/c1-5-8-10-14(11(4)7-3)12(15)13-9-6-2/h11H,5-10H2,1-4H3,(H,13,15). The molecule has 0 bridgehead atoms. The molecule has 0 aromatic rings. The molecule has 1 unspecified atom stereocenters. The molecule has 0 saturated carbocycles. The van der Waals surface area contributed by atoms with Gasteiger partial charge in [-0.25, -0.2) is 0 Å². The van der Waals surface area contributed by atoms with Crippen LogP contribution in [0.25, 0.3) is 0 Å². The molecule has 0 radical (unpaired) electrons. The first-order valence-corrected chi connectivity index (χ1v) is 6.62. The quantitative estimate of drug-likeness (QED) is 0.676. The number of nitrogens with one attached hydrogen (secondary N) is 1. The first-order chi connectivity index (χ1) is 7.17. The van der Waals surface area contributed by atoms with Crippen molar-refractivity contribution in [2.45, 2.75) is 59.4 Å². The highest BCUT2D eigenvalue weighted by molar-refractivity contribution is 7.80. The summed E-state index contributed by atoms with van der Waals surface area (Å²) in [6, 6.07) is 0.549. The fourth-order valence-corrected chi connectivity index (χ4v) is 1.78. The Morgan fingerprint density at radius 3 is 2.40 bits per heavy atom. The van der Waals surface area contributed by atoms with Crippen molar-refractivity contribution >= 4 is 17.3 Å². The van der Waals surface area contributed by atoms with Crippen molar-refractivity contribution in [3.8, 4) is 0 Å². The van der Waals surface area contributed by atoms with Crippen LogP contribution in [0.4, 0.5) is 0 Å². The van der Waals surface area contributed by atoms with Gasteiger partial charge in [0.1, 0.15) is 0 Å². The highest BCUT2D eigenvalue weighted by Gasteiger charge is 2.13. The highest BCUT2D eigenvalue weighted by atomic mass is 32.1. The molecule has 1 N–H and O–H groups in total. The number of hydrogen-bond acceptors (Lipinski definition) is 1. The van der Waals surface area contributed by atoms with Crippen molar-refractivity contribution in [1.82, 2.24) is 10.2 Å². The summed E-state index contributed by atoms with van der Waals surface area (Å²) in [4.78, 5) is 2.33. The molecule has 15 heavy (non-hydrogen) atoms. The van der Waals surface area contributed by atoms with Crippen molar-refractivity contribution < 1.29 is 0 Å². The second kappa shape index (κ2) is 8.96. The van der Waals surface area contributed by atoms with Gasteiger partial charge in [0.25, 0.3) is 0 Å². The minimum atomic E-state index is 0.549. The van der Waals surface area contributed by atoms with Crippen LogP contribution in [0.5, 0.6) is 0 Å². The predicted octanol–water partition coefficient (Wildman–Crippen LogP) is 3.17. The Morgan fingerprint density at radius 2 is 1.93 bits per heavy atom. The molecule has 3 heteroatoms. The molecule has 2 nitrogen and oxygen atoms in total. The van der Waals surface area contributed by atoms with Gasteiger partial charge in [-0.3, -0.25) is 0 Å². The Kier molecular flexibility index (Phi) is 8.77. The van der Waals surface area contributed by atoms with Crippen LogP contribution >= 0.6 is 12.2 Å². The summed E-state index contributed by atoms with van der Waals surface area (Å²) in [5.41, 5.74) is 0. The monoisotopic (exact) mass is 230 g/mol. The number of unbranched alkanes of at least 4 members (excludes halogenated alkanes) is 1. The first-order valence-electron chi connectivity index (χ1n) is 6.21. The van der Waals surface area contributed by atoms with Crippen LogP contribution in [0.3, 0.4) is 0 Å². The molecule has 0 aromatic carbocycles. The van der Waals surface area contributed by atoms with Crippen molar-refractivity contribution in [1.29, 1.82) is 0 Å². The smallest absolute Gasteiger partial charge is 0.169 e. The third-order valence-electron chi connectivity index (χ3n) is 2.66. The van der Waals surface area contributed by atoms with Gasteiger partial charge < -0.3 is 10.2 Å². The van der Waals surface area contributed by atoms with Gasteiger partial charge in [0.15, 0.2) is 5.11 Å². The van der Waals surface area contributed by atoms with E-state index in [1.807, 2.05) is 0 Å². The fourth-order valence-electron chi connectivity index (χ4n) is 1.40. The molecule has 1 atom stereocenters. The third-order valence-corrected chi connectivity index (χ3v) is 3.04. The topological polar surface area (TPSA) is 15.3 Å². The van der Waals surface area contributed by atoms with Crippen LogP contribution in [0.1, 0.15) is 53.4 Å². The summed E-state index contributed by atoms with van der Waals surface area (Å²) in [6.07, 6.45) is 4.72. The van der Waals surface area contributed by atoms with Gasteiger partial charge in [-0.05, 0) is 38.4 Å². The van der Waals surface area contributed by atoms with Crippen LogP contribution in [0.2, 0.25) is 0 Å². The molecular weight excluding hydrogens is 204 g/mol. The zero-order valence-electron chi connectivity index (χ0n) is 10.7. The summed E-state index contributed by atoms with van der Waals surface area (Å²) in [6.45, 7) is 10.9. The fraction of sp³-hybridized carbons (Fsp3) is 0.917. The minimum absolute atomic E-state index is 0.549. The molecule has 0 fully saturated rings. The number of hydrogen-bond donors (Lipinski definition) is 1. The zero-order valence-corrected chi connectivity index (χ0v) is 11.5. The number of rotatable bonds is 7. The van der Waals surface area contributed by atoms with Gasteiger partial charge in [-0.15, -0.1) is 0 Å². The average Bonchev–Trinajstić information content (AvgIpc) is 2.26. The normalized spacial score (nSPS) is 12.3. The van der Waals surface area contributed by atoms with E-state index in [-0.39, 0.29) is 0 Å². The third kappa shape index (κ3) is 5.98. The Hall–Kier alpha value is -0.310. The molecule has 0 rings (SSSR count). The maximum atomic E-state index is 5.41.